The second-order valence-corrected chi connectivity index (χ2v) is 3.20. The van der Waals surface area contributed by atoms with Crippen molar-refractivity contribution in [3.8, 4) is 0 Å². The lowest BCUT2D eigenvalue weighted by atomic mass is 9.98. The van der Waals surface area contributed by atoms with E-state index in [2.05, 4.69) is 42.6 Å². The Morgan fingerprint density at radius 1 is 1.17 bits per heavy atom. The molecule has 1 aliphatic rings. The SMILES string of the molecule is CC(=C1CNC1)c1ccccc1. The van der Waals surface area contributed by atoms with Crippen LogP contribution in [0.2, 0.25) is 0 Å². The third-order valence-electron chi connectivity index (χ3n) is 2.41. The molecule has 1 aromatic rings. The third kappa shape index (κ3) is 1.28. The van der Waals surface area contributed by atoms with Crippen molar-refractivity contribution in [2.24, 2.45) is 0 Å². The smallest absolute Gasteiger partial charge is 0.0186 e. The van der Waals surface area contributed by atoms with Gasteiger partial charge in [-0.1, -0.05) is 30.3 Å². The Bertz CT molecular complexity index is 292. The van der Waals surface area contributed by atoms with Gasteiger partial charge in [-0.3, -0.25) is 0 Å². The lowest BCUT2D eigenvalue weighted by molar-refractivity contribution is 0.670. The van der Waals surface area contributed by atoms with Crippen molar-refractivity contribution in [3.05, 3.63) is 41.5 Å². The molecule has 0 aromatic heterocycles. The minimum atomic E-state index is 1.07. The average Bonchev–Trinajstić information content (AvgIpc) is 2.03. The number of rotatable bonds is 1. The van der Waals surface area contributed by atoms with E-state index in [0.717, 1.165) is 13.1 Å². The molecule has 1 heteroatoms. The van der Waals surface area contributed by atoms with Crippen LogP contribution in [0.5, 0.6) is 0 Å². The quantitative estimate of drug-likeness (QED) is 0.661. The number of benzene rings is 1. The molecule has 0 radical (unpaired) electrons. The highest BCUT2D eigenvalue weighted by Crippen LogP contribution is 2.19. The van der Waals surface area contributed by atoms with Crippen LogP contribution in [0.1, 0.15) is 12.5 Å². The van der Waals surface area contributed by atoms with Crippen LogP contribution in [0.15, 0.2) is 35.9 Å². The first kappa shape index (κ1) is 7.56. The van der Waals surface area contributed by atoms with Crippen molar-refractivity contribution in [1.29, 1.82) is 0 Å². The van der Waals surface area contributed by atoms with Gasteiger partial charge in [0.1, 0.15) is 0 Å². The summed E-state index contributed by atoms with van der Waals surface area (Å²) in [6.45, 7) is 4.34. The van der Waals surface area contributed by atoms with E-state index in [1.54, 1.807) is 5.57 Å². The van der Waals surface area contributed by atoms with Crippen LogP contribution < -0.4 is 5.32 Å². The largest absolute Gasteiger partial charge is 0.309 e. The van der Waals surface area contributed by atoms with Crippen LogP contribution in [0, 0.1) is 0 Å². The minimum Gasteiger partial charge on any atom is -0.309 e. The highest BCUT2D eigenvalue weighted by atomic mass is 14.9. The van der Waals surface area contributed by atoms with Crippen LogP contribution in [0.3, 0.4) is 0 Å². The summed E-state index contributed by atoms with van der Waals surface area (Å²) in [6, 6.07) is 10.6. The van der Waals surface area contributed by atoms with E-state index >= 15 is 0 Å². The second-order valence-electron chi connectivity index (χ2n) is 3.20. The molecule has 1 heterocycles. The van der Waals surface area contributed by atoms with Gasteiger partial charge >= 0.3 is 0 Å². The predicted octanol–water partition coefficient (Wildman–Crippen LogP) is 2.06. The van der Waals surface area contributed by atoms with E-state index in [1.807, 2.05) is 0 Å². The van der Waals surface area contributed by atoms with Gasteiger partial charge in [0.2, 0.25) is 0 Å². The number of hydrogen-bond donors (Lipinski definition) is 1. The topological polar surface area (TPSA) is 12.0 Å². The van der Waals surface area contributed by atoms with E-state index in [9.17, 15) is 0 Å². The van der Waals surface area contributed by atoms with Gasteiger partial charge in [0, 0.05) is 13.1 Å². The van der Waals surface area contributed by atoms with Crippen LogP contribution >= 0.6 is 0 Å². The first-order valence-corrected chi connectivity index (χ1v) is 4.32. The molecular formula is C11H13N. The fraction of sp³-hybridized carbons (Fsp3) is 0.273. The van der Waals surface area contributed by atoms with Gasteiger partial charge in [-0.05, 0) is 23.6 Å². The molecule has 1 aromatic carbocycles. The highest BCUT2D eigenvalue weighted by Gasteiger charge is 2.10. The summed E-state index contributed by atoms with van der Waals surface area (Å²) in [5, 5.41) is 3.25. The molecular weight excluding hydrogens is 146 g/mol. The summed E-state index contributed by atoms with van der Waals surface area (Å²) in [7, 11) is 0. The van der Waals surface area contributed by atoms with Crippen molar-refractivity contribution in [2.75, 3.05) is 13.1 Å². The monoisotopic (exact) mass is 159 g/mol. The Morgan fingerprint density at radius 2 is 1.83 bits per heavy atom. The molecule has 1 aliphatic heterocycles. The standard InChI is InChI=1S/C11H13N/c1-9(11-7-12-8-11)10-5-3-2-4-6-10/h2-6,12H,7-8H2,1H3. The molecule has 62 valence electrons. The van der Waals surface area contributed by atoms with E-state index in [0.29, 0.717) is 0 Å². The van der Waals surface area contributed by atoms with Crippen molar-refractivity contribution < 1.29 is 0 Å². The van der Waals surface area contributed by atoms with Gasteiger partial charge in [0.15, 0.2) is 0 Å². The van der Waals surface area contributed by atoms with Crippen LogP contribution in [-0.4, -0.2) is 13.1 Å². The fourth-order valence-corrected chi connectivity index (χ4v) is 1.41. The second kappa shape index (κ2) is 3.11. The minimum absolute atomic E-state index is 1.07. The van der Waals surface area contributed by atoms with E-state index in [-0.39, 0.29) is 0 Å². The van der Waals surface area contributed by atoms with Gasteiger partial charge in [-0.2, -0.15) is 0 Å². The molecule has 1 saturated heterocycles. The molecule has 0 amide bonds. The fourth-order valence-electron chi connectivity index (χ4n) is 1.41. The first-order valence-electron chi connectivity index (χ1n) is 4.32. The first-order chi connectivity index (χ1) is 5.88. The Morgan fingerprint density at radius 3 is 2.33 bits per heavy atom. The highest BCUT2D eigenvalue weighted by molar-refractivity contribution is 5.68. The summed E-state index contributed by atoms with van der Waals surface area (Å²) >= 11 is 0. The summed E-state index contributed by atoms with van der Waals surface area (Å²) in [4.78, 5) is 0. The van der Waals surface area contributed by atoms with Crippen molar-refractivity contribution in [3.63, 3.8) is 0 Å². The molecule has 0 aliphatic carbocycles. The maximum Gasteiger partial charge on any atom is 0.0186 e. The van der Waals surface area contributed by atoms with E-state index in [4.69, 9.17) is 0 Å². The molecule has 12 heavy (non-hydrogen) atoms. The lowest BCUT2D eigenvalue weighted by Crippen LogP contribution is -2.34. The summed E-state index contributed by atoms with van der Waals surface area (Å²) < 4.78 is 0. The van der Waals surface area contributed by atoms with Crippen LogP contribution in [0.25, 0.3) is 5.57 Å². The molecule has 0 bridgehead atoms. The molecule has 0 spiro atoms. The van der Waals surface area contributed by atoms with Crippen LogP contribution in [-0.2, 0) is 0 Å². The van der Waals surface area contributed by atoms with E-state index < -0.39 is 0 Å². The molecule has 1 N–H and O–H groups in total. The number of nitrogens with one attached hydrogen (secondary N) is 1. The zero-order valence-corrected chi connectivity index (χ0v) is 7.30. The van der Waals surface area contributed by atoms with Crippen LogP contribution in [0.4, 0.5) is 0 Å². The van der Waals surface area contributed by atoms with Gasteiger partial charge in [-0.15, -0.1) is 0 Å². The van der Waals surface area contributed by atoms with E-state index in [1.165, 1.54) is 11.1 Å². The Labute approximate surface area is 73.1 Å². The molecule has 1 fully saturated rings. The molecule has 2 rings (SSSR count). The lowest BCUT2D eigenvalue weighted by Gasteiger charge is -2.22. The molecule has 0 unspecified atom stereocenters. The average molecular weight is 159 g/mol. The normalized spacial score (nSPS) is 15.6. The maximum atomic E-state index is 3.25. The van der Waals surface area contributed by atoms with Crippen molar-refractivity contribution in [2.45, 2.75) is 6.92 Å². The van der Waals surface area contributed by atoms with Gasteiger partial charge in [0.25, 0.3) is 0 Å². The van der Waals surface area contributed by atoms with Crippen molar-refractivity contribution >= 4 is 5.57 Å². The van der Waals surface area contributed by atoms with Gasteiger partial charge in [-0.25, -0.2) is 0 Å². The summed E-state index contributed by atoms with van der Waals surface area (Å²) in [6.07, 6.45) is 0. The Balaban J connectivity index is 2.31. The molecule has 0 saturated carbocycles. The predicted molar refractivity (Wildman–Crippen MR) is 51.9 cm³/mol. The molecule has 0 atom stereocenters. The Kier molecular flexibility index (Phi) is 1.96. The van der Waals surface area contributed by atoms with Gasteiger partial charge in [0.05, 0.1) is 0 Å². The van der Waals surface area contributed by atoms with Gasteiger partial charge < -0.3 is 5.32 Å². The molecule has 1 nitrogen and oxygen atoms in total. The maximum absolute atomic E-state index is 3.25. The Hall–Kier alpha value is -1.08. The number of hydrogen-bond acceptors (Lipinski definition) is 1. The van der Waals surface area contributed by atoms with Crippen molar-refractivity contribution in [1.82, 2.24) is 5.32 Å². The third-order valence-corrected chi connectivity index (χ3v) is 2.41. The zero-order chi connectivity index (χ0) is 8.39. The summed E-state index contributed by atoms with van der Waals surface area (Å²) in [5.74, 6) is 0. The summed E-state index contributed by atoms with van der Waals surface area (Å²) in [5.41, 5.74) is 4.34. The number of allylic oxidation sites excluding steroid dienone is 1. The zero-order valence-electron chi connectivity index (χ0n) is 7.30.